The molecule has 5 nitrogen and oxygen atoms in total. The number of aromatic nitrogens is 1. The molecule has 1 aromatic heterocycles. The first-order valence-electron chi connectivity index (χ1n) is 4.89. The van der Waals surface area contributed by atoms with Crippen LogP contribution in [0.4, 0.5) is 5.69 Å². The largest absolute Gasteiger partial charge is 0.478 e. The summed E-state index contributed by atoms with van der Waals surface area (Å²) in [5.74, 6) is -0.465. The lowest BCUT2D eigenvalue weighted by Crippen LogP contribution is -2.05. The van der Waals surface area contributed by atoms with E-state index < -0.39 is 5.97 Å². The van der Waals surface area contributed by atoms with Crippen molar-refractivity contribution < 1.29 is 14.6 Å². The van der Waals surface area contributed by atoms with Crippen LogP contribution in [0, 0.1) is 0 Å². The zero-order valence-electron chi connectivity index (χ0n) is 8.83. The fraction of sp³-hybridized carbons (Fsp3) is 0. The lowest BCUT2D eigenvalue weighted by molar-refractivity contribution is 0.0697. The minimum atomic E-state index is -1.11. The van der Waals surface area contributed by atoms with E-state index >= 15 is 0 Å². The Morgan fingerprint density at radius 3 is 2.59 bits per heavy atom. The van der Waals surface area contributed by atoms with Crippen molar-refractivity contribution in [1.82, 2.24) is 4.98 Å². The van der Waals surface area contributed by atoms with Gasteiger partial charge in [-0.2, -0.15) is 0 Å². The molecule has 17 heavy (non-hydrogen) atoms. The van der Waals surface area contributed by atoms with Crippen LogP contribution in [0.2, 0.25) is 0 Å². The Hall–Kier alpha value is -2.56. The molecule has 0 spiro atoms. The number of para-hydroxylation sites is 1. The van der Waals surface area contributed by atoms with Crippen LogP contribution >= 0.6 is 0 Å². The van der Waals surface area contributed by atoms with Gasteiger partial charge in [0.2, 0.25) is 5.88 Å². The number of benzene rings is 1. The minimum absolute atomic E-state index is 0.0175. The van der Waals surface area contributed by atoms with Gasteiger partial charge in [0.15, 0.2) is 0 Å². The second-order valence-corrected chi connectivity index (χ2v) is 3.30. The molecule has 0 atom stereocenters. The number of carbonyl (C=O) groups is 1. The van der Waals surface area contributed by atoms with Gasteiger partial charge in [-0.3, -0.25) is 0 Å². The Balaban J connectivity index is 2.34. The molecular formula is C12H10N2O3. The molecule has 5 heteroatoms. The van der Waals surface area contributed by atoms with E-state index in [2.05, 4.69) is 4.98 Å². The molecule has 1 aromatic carbocycles. The molecule has 0 saturated carbocycles. The number of ether oxygens (including phenoxy) is 1. The van der Waals surface area contributed by atoms with E-state index in [1.807, 2.05) is 6.07 Å². The number of carboxylic acid groups (broad SMARTS) is 1. The van der Waals surface area contributed by atoms with Crippen LogP contribution in [-0.2, 0) is 0 Å². The third-order valence-corrected chi connectivity index (χ3v) is 2.14. The van der Waals surface area contributed by atoms with Crippen molar-refractivity contribution in [2.75, 3.05) is 5.73 Å². The molecule has 0 bridgehead atoms. The van der Waals surface area contributed by atoms with Gasteiger partial charge in [-0.05, 0) is 18.2 Å². The highest BCUT2D eigenvalue weighted by atomic mass is 16.5. The van der Waals surface area contributed by atoms with Crippen LogP contribution in [-0.4, -0.2) is 16.1 Å². The Morgan fingerprint density at radius 1 is 1.24 bits per heavy atom. The molecule has 2 rings (SSSR count). The van der Waals surface area contributed by atoms with Crippen LogP contribution in [0.1, 0.15) is 10.4 Å². The van der Waals surface area contributed by atoms with Crippen LogP contribution in [0.25, 0.3) is 0 Å². The molecule has 2 aromatic rings. The summed E-state index contributed by atoms with van der Waals surface area (Å²) in [6.07, 6.45) is 1.35. The van der Waals surface area contributed by atoms with E-state index in [9.17, 15) is 4.79 Å². The Labute approximate surface area is 97.5 Å². The van der Waals surface area contributed by atoms with Gasteiger partial charge in [0.05, 0.1) is 5.56 Å². The lowest BCUT2D eigenvalue weighted by Gasteiger charge is -2.08. The number of hydrogen-bond donors (Lipinski definition) is 2. The molecule has 0 unspecified atom stereocenters. The minimum Gasteiger partial charge on any atom is -0.478 e. The first-order chi connectivity index (χ1) is 8.18. The summed E-state index contributed by atoms with van der Waals surface area (Å²) in [6.45, 7) is 0. The van der Waals surface area contributed by atoms with E-state index in [1.165, 1.54) is 12.3 Å². The highest BCUT2D eigenvalue weighted by Crippen LogP contribution is 2.27. The maximum atomic E-state index is 10.9. The van der Waals surface area contributed by atoms with Crippen LogP contribution in [0.3, 0.4) is 0 Å². The summed E-state index contributed by atoms with van der Waals surface area (Å²) in [6, 6.07) is 10.2. The number of nitrogens with two attached hydrogens (primary N) is 1. The fourth-order valence-corrected chi connectivity index (χ4v) is 1.32. The van der Waals surface area contributed by atoms with E-state index in [-0.39, 0.29) is 17.1 Å². The molecule has 0 aliphatic rings. The van der Waals surface area contributed by atoms with Gasteiger partial charge in [0, 0.05) is 6.20 Å². The zero-order chi connectivity index (χ0) is 12.3. The van der Waals surface area contributed by atoms with Crippen molar-refractivity contribution in [2.24, 2.45) is 0 Å². The van der Waals surface area contributed by atoms with E-state index in [0.29, 0.717) is 5.75 Å². The summed E-state index contributed by atoms with van der Waals surface area (Å²) in [7, 11) is 0. The number of aromatic carboxylic acids is 1. The standard InChI is InChI=1S/C12H10N2O3/c13-10-9(12(15)16)6-7-14-11(10)17-8-4-2-1-3-5-8/h1-7H,13H2,(H,15,16). The smallest absolute Gasteiger partial charge is 0.338 e. The normalized spacial score (nSPS) is 9.88. The van der Waals surface area contributed by atoms with Crippen molar-refractivity contribution in [3.8, 4) is 11.6 Å². The molecule has 86 valence electrons. The van der Waals surface area contributed by atoms with Crippen molar-refractivity contribution >= 4 is 11.7 Å². The van der Waals surface area contributed by atoms with Crippen molar-refractivity contribution in [3.63, 3.8) is 0 Å². The Morgan fingerprint density at radius 2 is 1.94 bits per heavy atom. The monoisotopic (exact) mass is 230 g/mol. The molecule has 0 aliphatic heterocycles. The predicted octanol–water partition coefficient (Wildman–Crippen LogP) is 2.15. The Bertz CT molecular complexity index is 541. The quantitative estimate of drug-likeness (QED) is 0.843. The first-order valence-corrected chi connectivity index (χ1v) is 4.89. The number of anilines is 1. The molecule has 0 fully saturated rings. The Kier molecular flexibility index (Phi) is 2.91. The molecule has 0 saturated heterocycles. The van der Waals surface area contributed by atoms with E-state index in [4.69, 9.17) is 15.6 Å². The second kappa shape index (κ2) is 4.52. The molecular weight excluding hydrogens is 220 g/mol. The van der Waals surface area contributed by atoms with Gasteiger partial charge in [-0.1, -0.05) is 18.2 Å². The summed E-state index contributed by atoms with van der Waals surface area (Å²) in [5.41, 5.74) is 5.66. The second-order valence-electron chi connectivity index (χ2n) is 3.30. The van der Waals surface area contributed by atoms with Crippen molar-refractivity contribution in [2.45, 2.75) is 0 Å². The van der Waals surface area contributed by atoms with Crippen molar-refractivity contribution in [1.29, 1.82) is 0 Å². The maximum absolute atomic E-state index is 10.9. The highest BCUT2D eigenvalue weighted by Gasteiger charge is 2.13. The third kappa shape index (κ3) is 2.34. The van der Waals surface area contributed by atoms with Crippen LogP contribution in [0.5, 0.6) is 11.6 Å². The molecule has 1 heterocycles. The topological polar surface area (TPSA) is 85.4 Å². The van der Waals surface area contributed by atoms with E-state index in [0.717, 1.165) is 0 Å². The van der Waals surface area contributed by atoms with Gasteiger partial charge in [0.25, 0.3) is 0 Å². The van der Waals surface area contributed by atoms with Crippen molar-refractivity contribution in [3.05, 3.63) is 48.2 Å². The summed E-state index contributed by atoms with van der Waals surface area (Å²) >= 11 is 0. The summed E-state index contributed by atoms with van der Waals surface area (Å²) < 4.78 is 5.40. The zero-order valence-corrected chi connectivity index (χ0v) is 8.83. The number of nitrogen functional groups attached to an aromatic ring is 1. The summed E-state index contributed by atoms with van der Waals surface area (Å²) in [5, 5.41) is 8.89. The van der Waals surface area contributed by atoms with Gasteiger partial charge < -0.3 is 15.6 Å². The van der Waals surface area contributed by atoms with Crippen LogP contribution in [0.15, 0.2) is 42.6 Å². The highest BCUT2D eigenvalue weighted by molar-refractivity contribution is 5.94. The van der Waals surface area contributed by atoms with Gasteiger partial charge in [0.1, 0.15) is 11.4 Å². The molecule has 3 N–H and O–H groups in total. The third-order valence-electron chi connectivity index (χ3n) is 2.14. The van der Waals surface area contributed by atoms with Gasteiger partial charge in [-0.15, -0.1) is 0 Å². The van der Waals surface area contributed by atoms with Gasteiger partial charge >= 0.3 is 5.97 Å². The van der Waals surface area contributed by atoms with E-state index in [1.54, 1.807) is 24.3 Å². The number of rotatable bonds is 3. The van der Waals surface area contributed by atoms with Crippen LogP contribution < -0.4 is 10.5 Å². The number of pyridine rings is 1. The molecule has 0 aliphatic carbocycles. The predicted molar refractivity (Wildman–Crippen MR) is 62.1 cm³/mol. The average molecular weight is 230 g/mol. The molecule has 0 amide bonds. The average Bonchev–Trinajstić information content (AvgIpc) is 2.33. The fourth-order valence-electron chi connectivity index (χ4n) is 1.32. The number of nitrogens with zero attached hydrogens (tertiary/aromatic N) is 1. The number of carboxylic acids is 1. The maximum Gasteiger partial charge on any atom is 0.338 e. The first kappa shape index (κ1) is 10.9. The van der Waals surface area contributed by atoms with Gasteiger partial charge in [-0.25, -0.2) is 9.78 Å². The number of hydrogen-bond acceptors (Lipinski definition) is 4. The summed E-state index contributed by atoms with van der Waals surface area (Å²) in [4.78, 5) is 14.8. The lowest BCUT2D eigenvalue weighted by atomic mass is 10.2. The molecule has 0 radical (unpaired) electrons. The SMILES string of the molecule is Nc1c(C(=O)O)ccnc1Oc1ccccc1.